The fourth-order valence-electron chi connectivity index (χ4n) is 2.78. The third kappa shape index (κ3) is 2.36. The highest BCUT2D eigenvalue weighted by Crippen LogP contribution is 2.29. The van der Waals surface area contributed by atoms with Gasteiger partial charge in [0.15, 0.2) is 5.78 Å². The molecule has 2 aromatic carbocycles. The van der Waals surface area contributed by atoms with Crippen molar-refractivity contribution in [1.29, 1.82) is 0 Å². The molecule has 4 nitrogen and oxygen atoms in total. The Bertz CT molecular complexity index is 912. The van der Waals surface area contributed by atoms with Crippen molar-refractivity contribution >= 4 is 11.9 Å². The van der Waals surface area contributed by atoms with E-state index in [4.69, 9.17) is 0 Å². The Morgan fingerprint density at radius 2 is 1.96 bits per heavy atom. The van der Waals surface area contributed by atoms with Gasteiger partial charge in [0.1, 0.15) is 18.5 Å². The number of Topliss-reactive ketones (excluding diaryl/α,β-unsaturated/α-hetero) is 1. The zero-order valence-electron chi connectivity index (χ0n) is 12.1. The van der Waals surface area contributed by atoms with Crippen LogP contribution >= 0.6 is 0 Å². The molecular formula is C18H12FN3O. The molecular weight excluding hydrogens is 293 g/mol. The molecule has 23 heavy (non-hydrogen) atoms. The van der Waals surface area contributed by atoms with Crippen molar-refractivity contribution in [2.75, 3.05) is 0 Å². The van der Waals surface area contributed by atoms with Crippen LogP contribution < -0.4 is 0 Å². The number of halogens is 1. The summed E-state index contributed by atoms with van der Waals surface area (Å²) in [5.41, 5.74) is 3.35. The normalized spacial score (nSPS) is 15.2. The number of ketones is 1. The molecule has 0 radical (unpaired) electrons. The second kappa shape index (κ2) is 5.28. The Morgan fingerprint density at radius 3 is 2.65 bits per heavy atom. The minimum atomic E-state index is -0.319. The molecule has 0 saturated carbocycles. The third-order valence-electron chi connectivity index (χ3n) is 3.94. The number of allylic oxidation sites excluding steroid dienone is 1. The lowest BCUT2D eigenvalue weighted by atomic mass is 10.1. The number of benzene rings is 2. The van der Waals surface area contributed by atoms with Crippen LogP contribution in [-0.2, 0) is 6.42 Å². The van der Waals surface area contributed by atoms with E-state index in [1.54, 1.807) is 23.1 Å². The van der Waals surface area contributed by atoms with Gasteiger partial charge in [0.05, 0.1) is 5.69 Å². The summed E-state index contributed by atoms with van der Waals surface area (Å²) in [7, 11) is 0. The van der Waals surface area contributed by atoms with E-state index in [0.29, 0.717) is 23.1 Å². The van der Waals surface area contributed by atoms with Crippen molar-refractivity contribution in [2.45, 2.75) is 6.42 Å². The summed E-state index contributed by atoms with van der Waals surface area (Å²) in [6.07, 6.45) is 5.24. The van der Waals surface area contributed by atoms with E-state index in [-0.39, 0.29) is 11.6 Å². The first-order valence-electron chi connectivity index (χ1n) is 7.20. The number of hydrogen-bond donors (Lipinski definition) is 0. The summed E-state index contributed by atoms with van der Waals surface area (Å²) < 4.78 is 15.4. The molecule has 0 aliphatic heterocycles. The van der Waals surface area contributed by atoms with Crippen LogP contribution in [0.3, 0.4) is 0 Å². The largest absolute Gasteiger partial charge is 0.289 e. The Hall–Kier alpha value is -3.08. The number of nitrogens with zero attached hydrogens (tertiary/aromatic N) is 3. The zero-order valence-corrected chi connectivity index (χ0v) is 12.1. The molecule has 1 aliphatic rings. The van der Waals surface area contributed by atoms with E-state index in [1.807, 2.05) is 30.3 Å². The molecule has 0 spiro atoms. The van der Waals surface area contributed by atoms with E-state index in [9.17, 15) is 9.18 Å². The predicted octanol–water partition coefficient (Wildman–Crippen LogP) is 3.23. The van der Waals surface area contributed by atoms with Crippen LogP contribution in [0.25, 0.3) is 11.8 Å². The molecule has 4 rings (SSSR count). The Labute approximate surface area is 131 Å². The number of aromatic nitrogens is 3. The Morgan fingerprint density at radius 1 is 1.13 bits per heavy atom. The SMILES string of the molecule is O=C1/C(=C/c2ccc(-n3cncn3)cc2)Cc2c(F)cccc21. The highest BCUT2D eigenvalue weighted by molar-refractivity contribution is 6.15. The molecule has 0 unspecified atom stereocenters. The van der Waals surface area contributed by atoms with Crippen LogP contribution in [0.1, 0.15) is 21.5 Å². The lowest BCUT2D eigenvalue weighted by molar-refractivity contribution is 0.104. The molecule has 0 saturated heterocycles. The number of carbonyl (C=O) groups is 1. The molecule has 0 fully saturated rings. The van der Waals surface area contributed by atoms with Crippen molar-refractivity contribution in [3.05, 3.63) is 83.2 Å². The topological polar surface area (TPSA) is 47.8 Å². The molecule has 0 atom stereocenters. The first kappa shape index (κ1) is 13.6. The van der Waals surface area contributed by atoms with Crippen LogP contribution in [0.4, 0.5) is 4.39 Å². The minimum Gasteiger partial charge on any atom is -0.289 e. The van der Waals surface area contributed by atoms with Crippen molar-refractivity contribution in [3.8, 4) is 5.69 Å². The maximum Gasteiger partial charge on any atom is 0.189 e. The molecule has 0 bridgehead atoms. The molecule has 1 aromatic heterocycles. The standard InChI is InChI=1S/C18H12FN3O/c19-17-3-1-2-15-16(17)9-13(18(15)23)8-12-4-6-14(7-5-12)22-11-20-10-21-22/h1-8,10-11H,9H2/b13-8+. The molecule has 0 amide bonds. The monoisotopic (exact) mass is 305 g/mol. The van der Waals surface area contributed by atoms with Gasteiger partial charge in [0.2, 0.25) is 0 Å². The van der Waals surface area contributed by atoms with Gasteiger partial charge in [-0.1, -0.05) is 24.3 Å². The molecule has 112 valence electrons. The lowest BCUT2D eigenvalue weighted by Crippen LogP contribution is -1.96. The fourth-order valence-corrected chi connectivity index (χ4v) is 2.78. The Balaban J connectivity index is 1.64. The average Bonchev–Trinajstić information content (AvgIpc) is 3.19. The van der Waals surface area contributed by atoms with Crippen LogP contribution in [0.2, 0.25) is 0 Å². The lowest BCUT2D eigenvalue weighted by Gasteiger charge is -2.01. The summed E-state index contributed by atoms with van der Waals surface area (Å²) >= 11 is 0. The zero-order chi connectivity index (χ0) is 15.8. The summed E-state index contributed by atoms with van der Waals surface area (Å²) in [6, 6.07) is 12.2. The summed E-state index contributed by atoms with van der Waals surface area (Å²) in [6.45, 7) is 0. The number of fused-ring (bicyclic) bond motifs is 1. The van der Waals surface area contributed by atoms with Crippen molar-refractivity contribution in [2.24, 2.45) is 0 Å². The van der Waals surface area contributed by atoms with Gasteiger partial charge in [-0.05, 0) is 29.8 Å². The first-order valence-corrected chi connectivity index (χ1v) is 7.20. The maximum atomic E-state index is 13.8. The molecule has 0 N–H and O–H groups in total. The average molecular weight is 305 g/mol. The van der Waals surface area contributed by atoms with Gasteiger partial charge in [0, 0.05) is 23.1 Å². The summed E-state index contributed by atoms with van der Waals surface area (Å²) in [4.78, 5) is 16.3. The van der Waals surface area contributed by atoms with Gasteiger partial charge in [-0.2, -0.15) is 5.10 Å². The summed E-state index contributed by atoms with van der Waals surface area (Å²) in [5.74, 6) is -0.416. The second-order valence-electron chi connectivity index (χ2n) is 5.37. The quantitative estimate of drug-likeness (QED) is 0.683. The van der Waals surface area contributed by atoms with E-state index in [1.165, 1.54) is 12.4 Å². The highest BCUT2D eigenvalue weighted by atomic mass is 19.1. The third-order valence-corrected chi connectivity index (χ3v) is 3.94. The van der Waals surface area contributed by atoms with E-state index >= 15 is 0 Å². The van der Waals surface area contributed by atoms with Gasteiger partial charge < -0.3 is 0 Å². The van der Waals surface area contributed by atoms with Gasteiger partial charge in [-0.15, -0.1) is 0 Å². The van der Waals surface area contributed by atoms with Crippen molar-refractivity contribution < 1.29 is 9.18 Å². The molecule has 3 aromatic rings. The molecule has 1 heterocycles. The highest BCUT2D eigenvalue weighted by Gasteiger charge is 2.26. The Kier molecular flexibility index (Phi) is 3.12. The van der Waals surface area contributed by atoms with Gasteiger partial charge >= 0.3 is 0 Å². The van der Waals surface area contributed by atoms with E-state index < -0.39 is 0 Å². The van der Waals surface area contributed by atoms with Gasteiger partial charge in [0.25, 0.3) is 0 Å². The van der Waals surface area contributed by atoms with E-state index in [0.717, 1.165) is 11.3 Å². The molecule has 1 aliphatic carbocycles. The first-order chi connectivity index (χ1) is 11.2. The van der Waals surface area contributed by atoms with Crippen LogP contribution in [0.15, 0.2) is 60.7 Å². The van der Waals surface area contributed by atoms with Gasteiger partial charge in [-0.3, -0.25) is 4.79 Å². The fraction of sp³-hybridized carbons (Fsp3) is 0.0556. The van der Waals surface area contributed by atoms with Crippen LogP contribution in [0.5, 0.6) is 0 Å². The number of hydrogen-bond acceptors (Lipinski definition) is 3. The van der Waals surface area contributed by atoms with Crippen molar-refractivity contribution in [3.63, 3.8) is 0 Å². The van der Waals surface area contributed by atoms with Crippen LogP contribution in [0, 0.1) is 5.82 Å². The summed E-state index contributed by atoms with van der Waals surface area (Å²) in [5, 5.41) is 4.06. The minimum absolute atomic E-state index is 0.0974. The molecule has 5 heteroatoms. The predicted molar refractivity (Wildman–Crippen MR) is 83.8 cm³/mol. The smallest absolute Gasteiger partial charge is 0.189 e. The number of carbonyl (C=O) groups excluding carboxylic acids is 1. The maximum absolute atomic E-state index is 13.8. The second-order valence-corrected chi connectivity index (χ2v) is 5.37. The van der Waals surface area contributed by atoms with Gasteiger partial charge in [-0.25, -0.2) is 14.1 Å². The number of rotatable bonds is 2. The van der Waals surface area contributed by atoms with Crippen LogP contribution in [-0.4, -0.2) is 20.5 Å². The van der Waals surface area contributed by atoms with Crippen molar-refractivity contribution in [1.82, 2.24) is 14.8 Å². The van der Waals surface area contributed by atoms with E-state index in [2.05, 4.69) is 10.1 Å².